The highest BCUT2D eigenvalue weighted by molar-refractivity contribution is 6.31. The zero-order valence-corrected chi connectivity index (χ0v) is 12.1. The van der Waals surface area contributed by atoms with E-state index < -0.39 is 0 Å². The Balaban J connectivity index is 2.80. The lowest BCUT2D eigenvalue weighted by molar-refractivity contribution is 0.0937. The Bertz CT molecular complexity index is 418. The van der Waals surface area contributed by atoms with Crippen LogP contribution < -0.4 is 10.6 Å². The molecule has 0 saturated carbocycles. The monoisotopic (exact) mass is 268 g/mol. The van der Waals surface area contributed by atoms with Crippen molar-refractivity contribution in [1.82, 2.24) is 5.32 Å². The zero-order chi connectivity index (χ0) is 13.7. The molecular formula is C14H21ClN2O. The second-order valence-corrected chi connectivity index (χ2v) is 5.38. The minimum Gasteiger partial charge on any atom is -0.387 e. The van der Waals surface area contributed by atoms with Crippen LogP contribution in [0.25, 0.3) is 0 Å². The molecule has 1 aromatic rings. The van der Waals surface area contributed by atoms with Crippen molar-refractivity contribution in [3.63, 3.8) is 0 Å². The third kappa shape index (κ3) is 4.22. The van der Waals surface area contributed by atoms with Crippen molar-refractivity contribution in [3.05, 3.63) is 28.8 Å². The zero-order valence-electron chi connectivity index (χ0n) is 11.4. The summed E-state index contributed by atoms with van der Waals surface area (Å²) in [4.78, 5) is 12.2. The number of halogens is 1. The highest BCUT2D eigenvalue weighted by Crippen LogP contribution is 2.20. The summed E-state index contributed by atoms with van der Waals surface area (Å²) in [6, 6.07) is 5.41. The van der Waals surface area contributed by atoms with E-state index >= 15 is 0 Å². The Morgan fingerprint density at radius 3 is 2.56 bits per heavy atom. The highest BCUT2D eigenvalue weighted by Gasteiger charge is 2.14. The van der Waals surface area contributed by atoms with Gasteiger partial charge in [0, 0.05) is 23.8 Å². The minimum absolute atomic E-state index is 0.0880. The first kappa shape index (κ1) is 14.8. The van der Waals surface area contributed by atoms with E-state index in [2.05, 4.69) is 24.5 Å². The Kier molecular flexibility index (Phi) is 5.48. The molecule has 0 spiro atoms. The van der Waals surface area contributed by atoms with Gasteiger partial charge >= 0.3 is 0 Å². The minimum atomic E-state index is -0.0880. The van der Waals surface area contributed by atoms with Crippen LogP contribution in [0.5, 0.6) is 0 Å². The Morgan fingerprint density at radius 2 is 2.00 bits per heavy atom. The average molecular weight is 269 g/mol. The molecule has 0 radical (unpaired) electrons. The molecule has 3 nitrogen and oxygen atoms in total. The highest BCUT2D eigenvalue weighted by atomic mass is 35.5. The molecule has 0 fully saturated rings. The molecule has 0 heterocycles. The van der Waals surface area contributed by atoms with Gasteiger partial charge < -0.3 is 10.6 Å². The predicted octanol–water partition coefficient (Wildman–Crippen LogP) is 3.55. The van der Waals surface area contributed by atoms with Crippen LogP contribution in [-0.2, 0) is 0 Å². The lowest BCUT2D eigenvalue weighted by Gasteiger charge is -2.17. The molecule has 0 aliphatic heterocycles. The van der Waals surface area contributed by atoms with Crippen LogP contribution in [0.4, 0.5) is 5.69 Å². The number of hydrogen-bond acceptors (Lipinski definition) is 2. The Morgan fingerprint density at radius 1 is 1.33 bits per heavy atom. The predicted molar refractivity (Wildman–Crippen MR) is 77.4 cm³/mol. The lowest BCUT2D eigenvalue weighted by atomic mass is 10.0. The summed E-state index contributed by atoms with van der Waals surface area (Å²) in [5.74, 6) is 0.471. The molecule has 0 aromatic heterocycles. The normalized spacial score (nSPS) is 12.3. The van der Waals surface area contributed by atoms with Crippen LogP contribution >= 0.6 is 11.6 Å². The summed E-state index contributed by atoms with van der Waals surface area (Å²) in [5.41, 5.74) is 1.37. The van der Waals surface area contributed by atoms with Crippen molar-refractivity contribution < 1.29 is 4.79 Å². The lowest BCUT2D eigenvalue weighted by Crippen LogP contribution is -2.33. The molecule has 0 aliphatic rings. The van der Waals surface area contributed by atoms with Gasteiger partial charge in [-0.3, -0.25) is 4.79 Å². The van der Waals surface area contributed by atoms with Gasteiger partial charge in [-0.2, -0.15) is 0 Å². The molecular weight excluding hydrogens is 248 g/mol. The average Bonchev–Trinajstić information content (AvgIpc) is 2.27. The Labute approximate surface area is 114 Å². The number of rotatable bonds is 5. The Hall–Kier alpha value is -1.22. The summed E-state index contributed by atoms with van der Waals surface area (Å²) in [6.07, 6.45) is 0.960. The molecule has 1 aromatic carbocycles. The molecule has 4 heteroatoms. The molecule has 1 rings (SSSR count). The summed E-state index contributed by atoms with van der Waals surface area (Å²) in [6.45, 7) is 6.30. The van der Waals surface area contributed by atoms with Crippen molar-refractivity contribution in [2.24, 2.45) is 5.92 Å². The topological polar surface area (TPSA) is 41.1 Å². The largest absolute Gasteiger partial charge is 0.387 e. The van der Waals surface area contributed by atoms with Crippen LogP contribution in [-0.4, -0.2) is 19.0 Å². The van der Waals surface area contributed by atoms with Crippen molar-refractivity contribution in [2.45, 2.75) is 33.2 Å². The van der Waals surface area contributed by atoms with Crippen LogP contribution in [0.1, 0.15) is 37.6 Å². The first-order chi connectivity index (χ1) is 8.43. The van der Waals surface area contributed by atoms with E-state index in [4.69, 9.17) is 11.6 Å². The SMILES string of the molecule is CNc1ccc(Cl)cc1C(=O)NC(C)CC(C)C. The maximum absolute atomic E-state index is 12.2. The number of amides is 1. The van der Waals surface area contributed by atoms with Crippen molar-refractivity contribution in [2.75, 3.05) is 12.4 Å². The van der Waals surface area contributed by atoms with Crippen molar-refractivity contribution >= 4 is 23.2 Å². The van der Waals surface area contributed by atoms with E-state index in [-0.39, 0.29) is 11.9 Å². The first-order valence-electron chi connectivity index (χ1n) is 6.22. The summed E-state index contributed by atoms with van der Waals surface area (Å²) >= 11 is 5.93. The maximum Gasteiger partial charge on any atom is 0.253 e. The van der Waals surface area contributed by atoms with E-state index in [9.17, 15) is 4.79 Å². The smallest absolute Gasteiger partial charge is 0.253 e. The van der Waals surface area contributed by atoms with Gasteiger partial charge in [-0.1, -0.05) is 25.4 Å². The number of carbonyl (C=O) groups excluding carboxylic acids is 1. The third-order valence-electron chi connectivity index (χ3n) is 2.70. The summed E-state index contributed by atoms with van der Waals surface area (Å²) < 4.78 is 0. The van der Waals surface area contributed by atoms with Gasteiger partial charge in [0.05, 0.1) is 5.56 Å². The van der Waals surface area contributed by atoms with E-state index in [1.54, 1.807) is 19.2 Å². The van der Waals surface area contributed by atoms with Gasteiger partial charge in [0.15, 0.2) is 0 Å². The molecule has 0 bridgehead atoms. The van der Waals surface area contributed by atoms with E-state index in [0.29, 0.717) is 16.5 Å². The molecule has 100 valence electrons. The fourth-order valence-corrected chi connectivity index (χ4v) is 2.16. The summed E-state index contributed by atoms with van der Waals surface area (Å²) in [5, 5.41) is 6.56. The van der Waals surface area contributed by atoms with Crippen LogP contribution in [0.15, 0.2) is 18.2 Å². The number of carbonyl (C=O) groups is 1. The summed E-state index contributed by atoms with van der Waals surface area (Å²) in [7, 11) is 1.79. The fraction of sp³-hybridized carbons (Fsp3) is 0.500. The maximum atomic E-state index is 12.2. The molecule has 1 atom stereocenters. The number of nitrogens with one attached hydrogen (secondary N) is 2. The van der Waals surface area contributed by atoms with Crippen LogP contribution in [0.3, 0.4) is 0 Å². The van der Waals surface area contributed by atoms with E-state index in [1.165, 1.54) is 0 Å². The number of benzene rings is 1. The van der Waals surface area contributed by atoms with Gasteiger partial charge in [-0.25, -0.2) is 0 Å². The van der Waals surface area contributed by atoms with Crippen LogP contribution in [0, 0.1) is 5.92 Å². The molecule has 18 heavy (non-hydrogen) atoms. The number of hydrogen-bond donors (Lipinski definition) is 2. The van der Waals surface area contributed by atoms with E-state index in [1.807, 2.05) is 13.0 Å². The second kappa shape index (κ2) is 6.64. The van der Waals surface area contributed by atoms with Gasteiger partial charge in [0.1, 0.15) is 0 Å². The van der Waals surface area contributed by atoms with E-state index in [0.717, 1.165) is 12.1 Å². The third-order valence-corrected chi connectivity index (χ3v) is 2.93. The fourth-order valence-electron chi connectivity index (χ4n) is 1.99. The van der Waals surface area contributed by atoms with Gasteiger partial charge in [0.25, 0.3) is 5.91 Å². The van der Waals surface area contributed by atoms with Crippen LogP contribution in [0.2, 0.25) is 5.02 Å². The van der Waals surface area contributed by atoms with Gasteiger partial charge in [0.2, 0.25) is 0 Å². The van der Waals surface area contributed by atoms with Gasteiger partial charge in [-0.15, -0.1) is 0 Å². The quantitative estimate of drug-likeness (QED) is 0.858. The molecule has 1 amide bonds. The first-order valence-corrected chi connectivity index (χ1v) is 6.60. The molecule has 2 N–H and O–H groups in total. The molecule has 1 unspecified atom stereocenters. The molecule has 0 saturated heterocycles. The number of anilines is 1. The standard InChI is InChI=1S/C14H21ClN2O/c1-9(2)7-10(3)17-14(18)12-8-11(15)5-6-13(12)16-4/h5-6,8-10,16H,7H2,1-4H3,(H,17,18). The molecule has 0 aliphatic carbocycles. The second-order valence-electron chi connectivity index (χ2n) is 4.94. The van der Waals surface area contributed by atoms with Gasteiger partial charge in [-0.05, 0) is 37.5 Å². The van der Waals surface area contributed by atoms with Crippen molar-refractivity contribution in [3.8, 4) is 0 Å². The van der Waals surface area contributed by atoms with Crippen molar-refractivity contribution in [1.29, 1.82) is 0 Å².